The molecule has 0 fully saturated rings. The van der Waals surface area contributed by atoms with E-state index in [1.54, 1.807) is 0 Å². The molecule has 0 rings (SSSR count). The molecule has 0 aromatic carbocycles. The zero-order chi connectivity index (χ0) is 11.3. The maximum absolute atomic E-state index is 10.2. The second kappa shape index (κ2) is 4.98. The standard InChI is InChI=1S/C4H10O3S.C3H4O2/c1-4(2,3)8(5,6)7;1-2-3(4)5/h1-3H3,(H,5,6,7);2H,1H2,(H,4,5). The van der Waals surface area contributed by atoms with Crippen molar-refractivity contribution in [3.63, 3.8) is 0 Å². The van der Waals surface area contributed by atoms with Gasteiger partial charge in [0.2, 0.25) is 0 Å². The molecular weight excluding hydrogens is 196 g/mol. The third-order valence-electron chi connectivity index (χ3n) is 0.948. The van der Waals surface area contributed by atoms with Crippen LogP contribution < -0.4 is 0 Å². The first-order chi connectivity index (χ1) is 5.52. The van der Waals surface area contributed by atoms with Gasteiger partial charge in [0.25, 0.3) is 10.1 Å². The first kappa shape index (κ1) is 14.6. The molecule has 2 N–H and O–H groups in total. The maximum Gasteiger partial charge on any atom is 0.327 e. The summed E-state index contributed by atoms with van der Waals surface area (Å²) >= 11 is 0. The lowest BCUT2D eigenvalue weighted by Gasteiger charge is -2.12. The van der Waals surface area contributed by atoms with Crippen molar-refractivity contribution in [2.45, 2.75) is 25.5 Å². The average molecular weight is 210 g/mol. The van der Waals surface area contributed by atoms with E-state index in [0.29, 0.717) is 0 Å². The fraction of sp³-hybridized carbons (Fsp3) is 0.571. The minimum atomic E-state index is -3.84. The highest BCUT2D eigenvalue weighted by Crippen LogP contribution is 2.11. The summed E-state index contributed by atoms with van der Waals surface area (Å²) in [6.07, 6.45) is 0.833. The molecular formula is C7H14O5S. The molecule has 0 spiro atoms. The Hall–Kier alpha value is -0.880. The Morgan fingerprint density at radius 3 is 1.54 bits per heavy atom. The van der Waals surface area contributed by atoms with E-state index >= 15 is 0 Å². The Morgan fingerprint density at radius 2 is 1.54 bits per heavy atom. The topological polar surface area (TPSA) is 91.7 Å². The highest BCUT2D eigenvalue weighted by molar-refractivity contribution is 7.87. The van der Waals surface area contributed by atoms with Crippen LogP contribution in [0.25, 0.3) is 0 Å². The third-order valence-corrected chi connectivity index (χ3v) is 2.50. The monoisotopic (exact) mass is 210 g/mol. The molecule has 0 atom stereocenters. The van der Waals surface area contributed by atoms with Crippen molar-refractivity contribution >= 4 is 16.1 Å². The van der Waals surface area contributed by atoms with Gasteiger partial charge >= 0.3 is 5.97 Å². The van der Waals surface area contributed by atoms with Gasteiger partial charge in [0.1, 0.15) is 0 Å². The fourth-order valence-electron chi connectivity index (χ4n) is 0. The van der Waals surface area contributed by atoms with Crippen molar-refractivity contribution in [1.82, 2.24) is 0 Å². The van der Waals surface area contributed by atoms with Gasteiger partial charge in [-0.3, -0.25) is 4.55 Å². The first-order valence-corrected chi connectivity index (χ1v) is 4.78. The number of hydrogen-bond acceptors (Lipinski definition) is 3. The Balaban J connectivity index is 0. The molecule has 0 amide bonds. The van der Waals surface area contributed by atoms with Crippen LogP contribution in [-0.4, -0.2) is 28.8 Å². The van der Waals surface area contributed by atoms with E-state index in [2.05, 4.69) is 6.58 Å². The van der Waals surface area contributed by atoms with E-state index in [1.165, 1.54) is 20.8 Å². The van der Waals surface area contributed by atoms with E-state index in [1.807, 2.05) is 0 Å². The number of carboxylic acid groups (broad SMARTS) is 1. The van der Waals surface area contributed by atoms with E-state index in [-0.39, 0.29) is 0 Å². The number of hydrogen-bond donors (Lipinski definition) is 2. The first-order valence-electron chi connectivity index (χ1n) is 3.34. The molecule has 78 valence electrons. The van der Waals surface area contributed by atoms with Crippen molar-refractivity contribution in [2.75, 3.05) is 0 Å². The van der Waals surface area contributed by atoms with E-state index in [4.69, 9.17) is 9.66 Å². The van der Waals surface area contributed by atoms with E-state index < -0.39 is 20.8 Å². The van der Waals surface area contributed by atoms with Crippen LogP contribution in [0, 0.1) is 0 Å². The van der Waals surface area contributed by atoms with Gasteiger partial charge in [0, 0.05) is 6.08 Å². The largest absolute Gasteiger partial charge is 0.478 e. The highest BCUT2D eigenvalue weighted by Gasteiger charge is 2.25. The van der Waals surface area contributed by atoms with Gasteiger partial charge in [-0.15, -0.1) is 0 Å². The van der Waals surface area contributed by atoms with Crippen molar-refractivity contribution in [3.05, 3.63) is 12.7 Å². The molecule has 0 bridgehead atoms. The molecule has 0 heterocycles. The molecule has 0 aliphatic carbocycles. The minimum absolute atomic E-state index is 0.833. The Morgan fingerprint density at radius 1 is 1.38 bits per heavy atom. The predicted molar refractivity (Wildman–Crippen MR) is 49.1 cm³/mol. The van der Waals surface area contributed by atoms with Crippen LogP contribution in [-0.2, 0) is 14.9 Å². The Labute approximate surface area is 77.8 Å². The fourth-order valence-corrected chi connectivity index (χ4v) is 0. The molecule has 0 saturated heterocycles. The molecule has 6 heteroatoms. The third kappa shape index (κ3) is 9.03. The number of rotatable bonds is 1. The summed E-state index contributed by atoms with van der Waals surface area (Å²) in [5.74, 6) is -0.981. The van der Waals surface area contributed by atoms with E-state index in [0.717, 1.165) is 6.08 Å². The summed E-state index contributed by atoms with van der Waals surface area (Å²) in [4.78, 5) is 9.25. The van der Waals surface area contributed by atoms with Crippen molar-refractivity contribution in [3.8, 4) is 0 Å². The summed E-state index contributed by atoms with van der Waals surface area (Å²) in [5, 5.41) is 7.60. The molecule has 0 aliphatic rings. The quantitative estimate of drug-likeness (QED) is 0.496. The second-order valence-corrected chi connectivity index (χ2v) is 5.30. The van der Waals surface area contributed by atoms with Crippen LogP contribution in [0.1, 0.15) is 20.8 Å². The van der Waals surface area contributed by atoms with Gasteiger partial charge < -0.3 is 5.11 Å². The summed E-state index contributed by atoms with van der Waals surface area (Å²) in [5.41, 5.74) is 0. The minimum Gasteiger partial charge on any atom is -0.478 e. The molecule has 13 heavy (non-hydrogen) atoms. The number of carboxylic acids is 1. The lowest BCUT2D eigenvalue weighted by molar-refractivity contribution is -0.131. The van der Waals surface area contributed by atoms with E-state index in [9.17, 15) is 13.2 Å². The normalized spacial score (nSPS) is 11.1. The van der Waals surface area contributed by atoms with Crippen LogP contribution in [0.3, 0.4) is 0 Å². The van der Waals surface area contributed by atoms with Crippen molar-refractivity contribution in [2.24, 2.45) is 0 Å². The molecule has 0 radical (unpaired) electrons. The van der Waals surface area contributed by atoms with Crippen LogP contribution in [0.4, 0.5) is 0 Å². The second-order valence-electron chi connectivity index (χ2n) is 3.13. The zero-order valence-electron chi connectivity index (χ0n) is 7.81. The summed E-state index contributed by atoms with van der Waals surface area (Å²) in [6.45, 7) is 7.26. The maximum atomic E-state index is 10.2. The van der Waals surface area contributed by atoms with Crippen molar-refractivity contribution < 1.29 is 22.9 Å². The average Bonchev–Trinajstić information content (AvgIpc) is 1.84. The van der Waals surface area contributed by atoms with Gasteiger partial charge in [-0.05, 0) is 20.8 Å². The molecule has 0 aromatic rings. The Bertz CT molecular complexity index is 270. The van der Waals surface area contributed by atoms with Gasteiger partial charge in [-0.25, -0.2) is 4.79 Å². The molecule has 0 saturated carbocycles. The lowest BCUT2D eigenvalue weighted by Crippen LogP contribution is -2.26. The highest BCUT2D eigenvalue weighted by atomic mass is 32.2. The van der Waals surface area contributed by atoms with Crippen molar-refractivity contribution in [1.29, 1.82) is 0 Å². The zero-order valence-corrected chi connectivity index (χ0v) is 8.63. The lowest BCUT2D eigenvalue weighted by atomic mass is 10.3. The molecule has 0 unspecified atom stereocenters. The predicted octanol–water partition coefficient (Wildman–Crippen LogP) is 0.930. The SMILES string of the molecule is C=CC(=O)O.CC(C)(C)S(=O)(=O)O. The summed E-state index contributed by atoms with van der Waals surface area (Å²) in [6, 6.07) is 0. The van der Waals surface area contributed by atoms with Crippen LogP contribution in [0.5, 0.6) is 0 Å². The smallest absolute Gasteiger partial charge is 0.327 e. The Kier molecular flexibility index (Phi) is 5.61. The van der Waals surface area contributed by atoms with Gasteiger partial charge in [-0.1, -0.05) is 6.58 Å². The summed E-state index contributed by atoms with van der Waals surface area (Å²) in [7, 11) is -3.84. The van der Waals surface area contributed by atoms with Gasteiger partial charge in [0.15, 0.2) is 0 Å². The molecule has 5 nitrogen and oxygen atoms in total. The van der Waals surface area contributed by atoms with Crippen LogP contribution in [0.15, 0.2) is 12.7 Å². The molecule has 0 aliphatic heterocycles. The number of carbonyl (C=O) groups is 1. The van der Waals surface area contributed by atoms with Crippen LogP contribution in [0.2, 0.25) is 0 Å². The number of aliphatic carboxylic acids is 1. The van der Waals surface area contributed by atoms with Gasteiger partial charge in [-0.2, -0.15) is 8.42 Å². The van der Waals surface area contributed by atoms with Gasteiger partial charge in [0.05, 0.1) is 4.75 Å². The summed E-state index contributed by atoms with van der Waals surface area (Å²) < 4.78 is 27.7. The van der Waals surface area contributed by atoms with Crippen LogP contribution >= 0.6 is 0 Å². The molecule has 0 aromatic heterocycles.